The van der Waals surface area contributed by atoms with E-state index in [9.17, 15) is 0 Å². The van der Waals surface area contributed by atoms with Gasteiger partial charge in [-0.2, -0.15) is 0 Å². The normalized spacial score (nSPS) is 13.3. The summed E-state index contributed by atoms with van der Waals surface area (Å²) in [6, 6.07) is 59.5. The minimum atomic E-state index is -0.118. The molecule has 0 spiro atoms. The molecule has 0 radical (unpaired) electrons. The molecule has 0 unspecified atom stereocenters. The Bertz CT molecular complexity index is 2750. The first-order valence-corrected chi connectivity index (χ1v) is 17.0. The lowest BCUT2D eigenvalue weighted by molar-refractivity contribution is 0.660. The standard InChI is InChI=1S/C47H33NO/c1-47(2)41-21-11-10-18-35(41)36-25-24-33(28-42(36)47)48(43-22-12-16-31-15-6-7-17-34(31)43)44-29-40-39-27-32(30-13-4-3-5-14-30)23-26-45(39)49-46(40)38-20-9-8-19-37(38)44/h3-29H,1-2H3. The summed E-state index contributed by atoms with van der Waals surface area (Å²) in [4.78, 5) is 2.48. The number of hydrogen-bond donors (Lipinski definition) is 0. The van der Waals surface area contributed by atoms with Crippen molar-refractivity contribution < 1.29 is 4.42 Å². The Morgan fingerprint density at radius 3 is 2.04 bits per heavy atom. The van der Waals surface area contributed by atoms with Crippen LogP contribution in [0.1, 0.15) is 25.0 Å². The van der Waals surface area contributed by atoms with E-state index in [1.165, 1.54) is 44.2 Å². The van der Waals surface area contributed by atoms with E-state index < -0.39 is 0 Å². The van der Waals surface area contributed by atoms with Gasteiger partial charge in [-0.1, -0.05) is 141 Å². The monoisotopic (exact) mass is 627 g/mol. The Labute approximate surface area is 285 Å². The highest BCUT2D eigenvalue weighted by Gasteiger charge is 2.36. The quantitative estimate of drug-likeness (QED) is 0.193. The molecule has 2 heteroatoms. The molecule has 0 atom stereocenters. The Morgan fingerprint density at radius 1 is 0.449 bits per heavy atom. The average Bonchev–Trinajstić information content (AvgIpc) is 3.64. The van der Waals surface area contributed by atoms with Crippen molar-refractivity contribution in [2.75, 3.05) is 4.90 Å². The first-order chi connectivity index (χ1) is 24.1. The molecule has 0 aliphatic heterocycles. The van der Waals surface area contributed by atoms with Crippen LogP contribution in [0.5, 0.6) is 0 Å². The van der Waals surface area contributed by atoms with Gasteiger partial charge < -0.3 is 9.32 Å². The van der Waals surface area contributed by atoms with E-state index in [0.29, 0.717) is 0 Å². The smallest absolute Gasteiger partial charge is 0.143 e. The van der Waals surface area contributed by atoms with E-state index in [0.717, 1.165) is 49.8 Å². The molecule has 10 rings (SSSR count). The lowest BCUT2D eigenvalue weighted by Gasteiger charge is -2.30. The van der Waals surface area contributed by atoms with E-state index in [4.69, 9.17) is 4.42 Å². The Kier molecular flexibility index (Phi) is 5.95. The zero-order chi connectivity index (χ0) is 32.7. The molecular formula is C47H33NO. The summed E-state index contributed by atoms with van der Waals surface area (Å²) in [6.45, 7) is 4.71. The first-order valence-electron chi connectivity index (χ1n) is 17.0. The highest BCUT2D eigenvalue weighted by atomic mass is 16.3. The molecule has 1 aliphatic rings. The minimum absolute atomic E-state index is 0.118. The topological polar surface area (TPSA) is 16.4 Å². The third-order valence-corrected chi connectivity index (χ3v) is 10.6. The second-order valence-corrected chi connectivity index (χ2v) is 13.7. The van der Waals surface area contributed by atoms with Gasteiger partial charge in [0, 0.05) is 38.0 Å². The third-order valence-electron chi connectivity index (χ3n) is 10.6. The number of furan rings is 1. The Morgan fingerprint density at radius 2 is 1.16 bits per heavy atom. The summed E-state index contributed by atoms with van der Waals surface area (Å²) in [5.41, 5.74) is 12.9. The lowest BCUT2D eigenvalue weighted by atomic mass is 9.82. The first kappa shape index (κ1) is 27.9. The minimum Gasteiger partial charge on any atom is -0.455 e. The van der Waals surface area contributed by atoms with Crippen LogP contribution in [0.3, 0.4) is 0 Å². The Hall–Kier alpha value is -6.12. The number of benzene rings is 8. The van der Waals surface area contributed by atoms with Crippen LogP contribution in [0.25, 0.3) is 65.7 Å². The molecule has 1 aromatic heterocycles. The highest BCUT2D eigenvalue weighted by molar-refractivity contribution is 6.20. The molecule has 0 saturated carbocycles. The molecule has 0 bridgehead atoms. The fraction of sp³-hybridized carbons (Fsp3) is 0.0638. The zero-order valence-corrected chi connectivity index (χ0v) is 27.4. The van der Waals surface area contributed by atoms with E-state index in [1.807, 2.05) is 0 Å². The fourth-order valence-electron chi connectivity index (χ4n) is 8.22. The van der Waals surface area contributed by atoms with Crippen LogP contribution in [0, 0.1) is 0 Å². The van der Waals surface area contributed by atoms with Crippen molar-refractivity contribution in [3.63, 3.8) is 0 Å². The maximum Gasteiger partial charge on any atom is 0.143 e. The Balaban J connectivity index is 1.29. The molecule has 0 N–H and O–H groups in total. The van der Waals surface area contributed by atoms with Crippen molar-refractivity contribution in [1.29, 1.82) is 0 Å². The average molecular weight is 628 g/mol. The lowest BCUT2D eigenvalue weighted by Crippen LogP contribution is -2.16. The number of anilines is 3. The maximum atomic E-state index is 6.68. The molecule has 49 heavy (non-hydrogen) atoms. The van der Waals surface area contributed by atoms with Gasteiger partial charge in [0.05, 0.1) is 11.4 Å². The van der Waals surface area contributed by atoms with E-state index >= 15 is 0 Å². The van der Waals surface area contributed by atoms with E-state index in [2.05, 4.69) is 183 Å². The summed E-state index contributed by atoms with van der Waals surface area (Å²) in [5, 5.41) is 6.90. The predicted octanol–water partition coefficient (Wildman–Crippen LogP) is 13.3. The number of nitrogens with zero attached hydrogens (tertiary/aromatic N) is 1. The summed E-state index contributed by atoms with van der Waals surface area (Å²) in [5.74, 6) is 0. The van der Waals surface area contributed by atoms with Gasteiger partial charge in [-0.15, -0.1) is 0 Å². The van der Waals surface area contributed by atoms with Crippen LogP contribution in [0.15, 0.2) is 168 Å². The molecule has 232 valence electrons. The molecule has 0 saturated heterocycles. The van der Waals surface area contributed by atoms with E-state index in [-0.39, 0.29) is 5.41 Å². The molecule has 0 fully saturated rings. The van der Waals surface area contributed by atoms with Crippen molar-refractivity contribution >= 4 is 60.5 Å². The van der Waals surface area contributed by atoms with Gasteiger partial charge in [-0.25, -0.2) is 0 Å². The molecule has 0 amide bonds. The SMILES string of the molecule is CC1(C)c2ccccc2-c2ccc(N(c3cccc4ccccc34)c3cc4c5cc(-c6ccccc6)ccc5oc4c4ccccc34)cc21. The van der Waals surface area contributed by atoms with Crippen molar-refractivity contribution in [2.45, 2.75) is 19.3 Å². The van der Waals surface area contributed by atoms with Crippen LogP contribution < -0.4 is 4.90 Å². The van der Waals surface area contributed by atoms with Gasteiger partial charge in [0.25, 0.3) is 0 Å². The molecule has 1 aliphatic carbocycles. The predicted molar refractivity (Wildman–Crippen MR) is 206 cm³/mol. The molecular weight excluding hydrogens is 595 g/mol. The van der Waals surface area contributed by atoms with Crippen LogP contribution in [-0.2, 0) is 5.41 Å². The highest BCUT2D eigenvalue weighted by Crippen LogP contribution is 2.52. The van der Waals surface area contributed by atoms with Crippen molar-refractivity contribution in [3.05, 3.63) is 175 Å². The number of rotatable bonds is 4. The molecule has 9 aromatic rings. The van der Waals surface area contributed by atoms with Gasteiger partial charge in [0.1, 0.15) is 11.2 Å². The summed E-state index contributed by atoms with van der Waals surface area (Å²) < 4.78 is 6.68. The van der Waals surface area contributed by atoms with Gasteiger partial charge >= 0.3 is 0 Å². The third kappa shape index (κ3) is 4.14. The van der Waals surface area contributed by atoms with Gasteiger partial charge in [0.15, 0.2) is 0 Å². The second-order valence-electron chi connectivity index (χ2n) is 13.7. The molecule has 1 heterocycles. The van der Waals surface area contributed by atoms with E-state index in [1.54, 1.807) is 0 Å². The fourth-order valence-corrected chi connectivity index (χ4v) is 8.22. The van der Waals surface area contributed by atoms with Crippen molar-refractivity contribution in [2.24, 2.45) is 0 Å². The zero-order valence-electron chi connectivity index (χ0n) is 27.4. The molecule has 2 nitrogen and oxygen atoms in total. The summed E-state index contributed by atoms with van der Waals surface area (Å²) >= 11 is 0. The van der Waals surface area contributed by atoms with Crippen LogP contribution in [-0.4, -0.2) is 0 Å². The maximum absolute atomic E-state index is 6.68. The summed E-state index contributed by atoms with van der Waals surface area (Å²) in [7, 11) is 0. The largest absolute Gasteiger partial charge is 0.455 e. The van der Waals surface area contributed by atoms with Crippen LogP contribution in [0.2, 0.25) is 0 Å². The summed E-state index contributed by atoms with van der Waals surface area (Å²) in [6.07, 6.45) is 0. The second kappa shape index (κ2) is 10.4. The number of hydrogen-bond acceptors (Lipinski definition) is 2. The van der Waals surface area contributed by atoms with Gasteiger partial charge in [-0.05, 0) is 75.2 Å². The van der Waals surface area contributed by atoms with Crippen molar-refractivity contribution in [3.8, 4) is 22.3 Å². The van der Waals surface area contributed by atoms with Gasteiger partial charge in [-0.3, -0.25) is 0 Å². The van der Waals surface area contributed by atoms with Crippen LogP contribution in [0.4, 0.5) is 17.1 Å². The molecule has 8 aromatic carbocycles. The number of fused-ring (bicyclic) bond motifs is 9. The van der Waals surface area contributed by atoms with Gasteiger partial charge in [0.2, 0.25) is 0 Å². The van der Waals surface area contributed by atoms with Crippen LogP contribution >= 0.6 is 0 Å². The van der Waals surface area contributed by atoms with Crippen molar-refractivity contribution in [1.82, 2.24) is 0 Å².